The average molecular weight is 270 g/mol. The Bertz CT molecular complexity index is 279. The van der Waals surface area contributed by atoms with Gasteiger partial charge in [-0.1, -0.05) is 13.8 Å². The molecule has 4 nitrogen and oxygen atoms in total. The Hall–Kier alpha value is -0.610. The molecule has 0 heterocycles. The van der Waals surface area contributed by atoms with E-state index in [1.165, 1.54) is 12.8 Å². The van der Waals surface area contributed by atoms with Gasteiger partial charge in [0, 0.05) is 13.1 Å². The van der Waals surface area contributed by atoms with Crippen LogP contribution in [0.1, 0.15) is 47.0 Å². The van der Waals surface area contributed by atoms with Crippen LogP contribution in [0.2, 0.25) is 0 Å². The van der Waals surface area contributed by atoms with Crippen LogP contribution in [-0.4, -0.2) is 49.2 Å². The first kappa shape index (κ1) is 16.4. The topological polar surface area (TPSA) is 41.6 Å². The van der Waals surface area contributed by atoms with Gasteiger partial charge in [0.2, 0.25) is 0 Å². The maximum atomic E-state index is 12.2. The zero-order valence-electron chi connectivity index (χ0n) is 13.0. The maximum Gasteiger partial charge on any atom is 0.327 e. The molecule has 0 aromatic rings. The van der Waals surface area contributed by atoms with E-state index in [1.54, 1.807) is 0 Å². The van der Waals surface area contributed by atoms with E-state index >= 15 is 0 Å². The van der Waals surface area contributed by atoms with Crippen molar-refractivity contribution in [2.45, 2.75) is 52.5 Å². The molecule has 1 aliphatic rings. The molecule has 1 unspecified atom stereocenters. The summed E-state index contributed by atoms with van der Waals surface area (Å²) in [6.45, 7) is 12.2. The van der Waals surface area contributed by atoms with Crippen LogP contribution in [0.25, 0.3) is 0 Å². The maximum absolute atomic E-state index is 12.2. The monoisotopic (exact) mass is 270 g/mol. The highest BCUT2D eigenvalue weighted by Gasteiger charge is 2.37. The van der Waals surface area contributed by atoms with E-state index in [1.807, 2.05) is 20.8 Å². The molecule has 0 aromatic heterocycles. The second kappa shape index (κ2) is 7.85. The highest BCUT2D eigenvalue weighted by Crippen LogP contribution is 2.30. The summed E-state index contributed by atoms with van der Waals surface area (Å²) in [6, 6.07) is 0. The quantitative estimate of drug-likeness (QED) is 0.617. The van der Waals surface area contributed by atoms with Crippen molar-refractivity contribution in [1.82, 2.24) is 10.2 Å². The van der Waals surface area contributed by atoms with Gasteiger partial charge >= 0.3 is 5.97 Å². The summed E-state index contributed by atoms with van der Waals surface area (Å²) in [7, 11) is 0. The van der Waals surface area contributed by atoms with E-state index in [2.05, 4.69) is 17.1 Å². The van der Waals surface area contributed by atoms with Gasteiger partial charge in [0.05, 0.1) is 6.61 Å². The second-order valence-electron chi connectivity index (χ2n) is 5.76. The lowest BCUT2D eigenvalue weighted by Gasteiger charge is -2.34. The fraction of sp³-hybridized carbons (Fsp3) is 0.933. The third kappa shape index (κ3) is 5.49. The molecule has 0 amide bonds. The van der Waals surface area contributed by atoms with E-state index in [0.717, 1.165) is 38.5 Å². The molecule has 4 heteroatoms. The van der Waals surface area contributed by atoms with Gasteiger partial charge in [-0.05, 0) is 52.1 Å². The molecule has 1 atom stereocenters. The largest absolute Gasteiger partial charge is 0.465 e. The number of carbonyl (C=O) groups is 1. The smallest absolute Gasteiger partial charge is 0.327 e. The minimum absolute atomic E-state index is 0.131. The van der Waals surface area contributed by atoms with E-state index < -0.39 is 5.54 Å². The van der Waals surface area contributed by atoms with Gasteiger partial charge in [-0.3, -0.25) is 4.79 Å². The third-order valence-electron chi connectivity index (χ3n) is 3.59. The van der Waals surface area contributed by atoms with Gasteiger partial charge in [0.15, 0.2) is 0 Å². The summed E-state index contributed by atoms with van der Waals surface area (Å²) in [5, 5.41) is 3.31. The van der Waals surface area contributed by atoms with Crippen LogP contribution in [0, 0.1) is 5.92 Å². The van der Waals surface area contributed by atoms with Crippen LogP contribution in [0.5, 0.6) is 0 Å². The number of nitrogens with one attached hydrogen (secondary N) is 1. The van der Waals surface area contributed by atoms with Gasteiger partial charge in [-0.2, -0.15) is 0 Å². The van der Waals surface area contributed by atoms with Crippen LogP contribution in [0.15, 0.2) is 0 Å². The van der Waals surface area contributed by atoms with Crippen LogP contribution >= 0.6 is 0 Å². The lowest BCUT2D eigenvalue weighted by Crippen LogP contribution is -2.58. The zero-order valence-corrected chi connectivity index (χ0v) is 13.0. The Morgan fingerprint density at radius 2 is 2.05 bits per heavy atom. The Labute approximate surface area is 117 Å². The second-order valence-corrected chi connectivity index (χ2v) is 5.76. The zero-order chi connectivity index (χ0) is 14.3. The third-order valence-corrected chi connectivity index (χ3v) is 3.59. The molecule has 0 bridgehead atoms. The van der Waals surface area contributed by atoms with Gasteiger partial charge in [0.1, 0.15) is 5.54 Å². The first-order chi connectivity index (χ1) is 9.05. The predicted octanol–water partition coefficient (Wildman–Crippen LogP) is 2.04. The molecule has 0 radical (unpaired) electrons. The van der Waals surface area contributed by atoms with Gasteiger partial charge in [-0.15, -0.1) is 0 Å². The molecule has 0 aliphatic heterocycles. The SMILES string of the molecule is CCCN(CC1CC1)CC(C)(NCC)C(=O)OCC. The summed E-state index contributed by atoms with van der Waals surface area (Å²) >= 11 is 0. The number of rotatable bonds is 10. The number of nitrogens with zero attached hydrogens (tertiary/aromatic N) is 1. The summed E-state index contributed by atoms with van der Waals surface area (Å²) in [4.78, 5) is 14.6. The van der Waals surface area contributed by atoms with Crippen molar-refractivity contribution >= 4 is 5.97 Å². The molecule has 0 spiro atoms. The van der Waals surface area contributed by atoms with E-state index in [4.69, 9.17) is 4.74 Å². The molecule has 19 heavy (non-hydrogen) atoms. The van der Waals surface area contributed by atoms with Crippen molar-refractivity contribution in [2.75, 3.05) is 32.8 Å². The molecular weight excluding hydrogens is 240 g/mol. The first-order valence-corrected chi connectivity index (χ1v) is 7.70. The van der Waals surface area contributed by atoms with E-state index in [-0.39, 0.29) is 5.97 Å². The fourth-order valence-corrected chi connectivity index (χ4v) is 2.54. The number of hydrogen-bond acceptors (Lipinski definition) is 4. The van der Waals surface area contributed by atoms with Crippen molar-refractivity contribution in [3.05, 3.63) is 0 Å². The minimum atomic E-state index is -0.588. The molecule has 112 valence electrons. The molecule has 0 aromatic carbocycles. The molecule has 0 saturated heterocycles. The first-order valence-electron chi connectivity index (χ1n) is 7.70. The van der Waals surface area contributed by atoms with Gasteiger partial charge in [0.25, 0.3) is 0 Å². The average Bonchev–Trinajstić information content (AvgIpc) is 3.13. The van der Waals surface area contributed by atoms with Crippen molar-refractivity contribution in [3.8, 4) is 0 Å². The van der Waals surface area contributed by atoms with Gasteiger partial charge < -0.3 is 15.0 Å². The summed E-state index contributed by atoms with van der Waals surface area (Å²) in [5.74, 6) is 0.716. The number of hydrogen-bond donors (Lipinski definition) is 1. The van der Waals surface area contributed by atoms with E-state index in [9.17, 15) is 4.79 Å². The van der Waals surface area contributed by atoms with Crippen LogP contribution in [0.3, 0.4) is 0 Å². The number of carbonyl (C=O) groups excluding carboxylic acids is 1. The summed E-state index contributed by atoms with van der Waals surface area (Å²) in [6.07, 6.45) is 3.81. The molecule has 1 N–H and O–H groups in total. The van der Waals surface area contributed by atoms with Crippen LogP contribution in [-0.2, 0) is 9.53 Å². The highest BCUT2D eigenvalue weighted by molar-refractivity contribution is 5.80. The number of esters is 1. The van der Waals surface area contributed by atoms with Gasteiger partial charge in [-0.25, -0.2) is 0 Å². The molecular formula is C15H30N2O2. The Morgan fingerprint density at radius 1 is 1.37 bits per heavy atom. The highest BCUT2D eigenvalue weighted by atomic mass is 16.5. The van der Waals surface area contributed by atoms with Crippen molar-refractivity contribution in [2.24, 2.45) is 5.92 Å². The molecule has 1 rings (SSSR count). The van der Waals surface area contributed by atoms with E-state index in [0.29, 0.717) is 6.61 Å². The molecule has 1 aliphatic carbocycles. The molecule has 1 saturated carbocycles. The number of ether oxygens (including phenoxy) is 1. The van der Waals surface area contributed by atoms with Crippen molar-refractivity contribution in [3.63, 3.8) is 0 Å². The van der Waals surface area contributed by atoms with Crippen molar-refractivity contribution in [1.29, 1.82) is 0 Å². The fourth-order valence-electron chi connectivity index (χ4n) is 2.54. The standard InChI is InChI=1S/C15H30N2O2/c1-5-10-17(11-13-8-9-13)12-15(4,16-6-2)14(18)19-7-3/h13,16H,5-12H2,1-4H3. The Kier molecular flexibility index (Phi) is 6.80. The Morgan fingerprint density at radius 3 is 2.53 bits per heavy atom. The summed E-state index contributed by atoms with van der Waals surface area (Å²) in [5.41, 5.74) is -0.588. The summed E-state index contributed by atoms with van der Waals surface area (Å²) < 4.78 is 5.23. The number of likely N-dealkylation sites (N-methyl/N-ethyl adjacent to an activating group) is 1. The predicted molar refractivity (Wildman–Crippen MR) is 78.2 cm³/mol. The lowest BCUT2D eigenvalue weighted by atomic mass is 10.0. The van der Waals surface area contributed by atoms with Crippen LogP contribution < -0.4 is 5.32 Å². The molecule has 1 fully saturated rings. The van der Waals surface area contributed by atoms with Crippen LogP contribution in [0.4, 0.5) is 0 Å². The lowest BCUT2D eigenvalue weighted by molar-refractivity contribution is -0.151. The minimum Gasteiger partial charge on any atom is -0.465 e. The van der Waals surface area contributed by atoms with Crippen molar-refractivity contribution < 1.29 is 9.53 Å². The normalized spacial score (nSPS) is 18.4. The Balaban J connectivity index is 2.63.